The van der Waals surface area contributed by atoms with Crippen LogP contribution in [0.3, 0.4) is 0 Å². The maximum absolute atomic E-state index is 10.9. The Kier molecular flexibility index (Phi) is 4.44. The first-order chi connectivity index (χ1) is 9.52. The Balaban J connectivity index is 2.08. The van der Waals surface area contributed by atoms with Crippen molar-refractivity contribution in [1.82, 2.24) is 0 Å². The molecular weight excluding hydrogens is 256 g/mol. The summed E-state index contributed by atoms with van der Waals surface area (Å²) in [7, 11) is 0. The topological polar surface area (TPSA) is 93.2 Å². The fraction of sp³-hybridized carbons (Fsp3) is 0.571. The van der Waals surface area contributed by atoms with Crippen molar-refractivity contribution in [1.29, 1.82) is 0 Å². The lowest BCUT2D eigenvalue weighted by Crippen LogP contribution is -2.28. The molecule has 0 aliphatic heterocycles. The molecular formula is C14H22N4O2. The van der Waals surface area contributed by atoms with Crippen LogP contribution in [0.2, 0.25) is 0 Å². The molecule has 0 atom stereocenters. The average Bonchev–Trinajstić information content (AvgIpc) is 2.45. The molecule has 0 heterocycles. The number of non-ortho nitro benzene ring substituents is 1. The molecule has 0 aromatic heterocycles. The highest BCUT2D eigenvalue weighted by molar-refractivity contribution is 5.63. The van der Waals surface area contributed by atoms with Gasteiger partial charge in [0.25, 0.3) is 5.69 Å². The van der Waals surface area contributed by atoms with Crippen LogP contribution in [0.4, 0.5) is 17.1 Å². The van der Waals surface area contributed by atoms with E-state index in [0.29, 0.717) is 5.69 Å². The minimum absolute atomic E-state index is 0.0387. The first kappa shape index (κ1) is 14.6. The Morgan fingerprint density at radius 1 is 1.25 bits per heavy atom. The quantitative estimate of drug-likeness (QED) is 0.436. The van der Waals surface area contributed by atoms with Gasteiger partial charge in [0.05, 0.1) is 10.6 Å². The molecule has 0 radical (unpaired) electrons. The van der Waals surface area contributed by atoms with E-state index in [-0.39, 0.29) is 11.1 Å². The van der Waals surface area contributed by atoms with E-state index >= 15 is 0 Å². The summed E-state index contributed by atoms with van der Waals surface area (Å²) in [6.07, 6.45) is 6.26. The van der Waals surface area contributed by atoms with Gasteiger partial charge in [0.2, 0.25) is 0 Å². The molecule has 6 nitrogen and oxygen atoms in total. The minimum atomic E-state index is -0.408. The molecule has 1 aromatic rings. The molecule has 1 aliphatic carbocycles. The second kappa shape index (κ2) is 6.09. The van der Waals surface area contributed by atoms with Gasteiger partial charge in [0.1, 0.15) is 0 Å². The highest BCUT2D eigenvalue weighted by Gasteiger charge is 2.26. The van der Waals surface area contributed by atoms with E-state index in [0.717, 1.165) is 12.2 Å². The summed E-state index contributed by atoms with van der Waals surface area (Å²) < 4.78 is 0. The summed E-state index contributed by atoms with van der Waals surface area (Å²) in [5.74, 6) is 5.35. The molecule has 0 unspecified atom stereocenters. The molecule has 0 spiro atoms. The molecule has 0 bridgehead atoms. The van der Waals surface area contributed by atoms with Gasteiger partial charge in [0, 0.05) is 24.4 Å². The van der Waals surface area contributed by atoms with E-state index in [4.69, 9.17) is 5.84 Å². The van der Waals surface area contributed by atoms with Crippen molar-refractivity contribution < 1.29 is 4.92 Å². The number of nitrogen functional groups attached to an aromatic ring is 1. The van der Waals surface area contributed by atoms with E-state index in [1.54, 1.807) is 12.1 Å². The van der Waals surface area contributed by atoms with Crippen molar-refractivity contribution in [2.75, 3.05) is 17.3 Å². The smallest absolute Gasteiger partial charge is 0.273 e. The summed E-state index contributed by atoms with van der Waals surface area (Å²) in [6, 6.07) is 4.76. The van der Waals surface area contributed by atoms with E-state index in [1.165, 1.54) is 38.2 Å². The number of hydrazine groups is 1. The number of rotatable bonds is 5. The number of nitrogens with one attached hydrogen (secondary N) is 2. The van der Waals surface area contributed by atoms with Crippen LogP contribution in [-0.2, 0) is 0 Å². The fourth-order valence-electron chi connectivity index (χ4n) is 2.80. The average molecular weight is 278 g/mol. The first-order valence-corrected chi connectivity index (χ1v) is 7.02. The number of hydrogen-bond donors (Lipinski definition) is 3. The summed E-state index contributed by atoms with van der Waals surface area (Å²) in [4.78, 5) is 10.5. The maximum Gasteiger partial charge on any atom is 0.273 e. The number of benzene rings is 1. The molecule has 110 valence electrons. The highest BCUT2D eigenvalue weighted by Crippen LogP contribution is 2.36. The molecule has 0 saturated heterocycles. The second-order valence-electron chi connectivity index (χ2n) is 5.89. The molecule has 20 heavy (non-hydrogen) atoms. The van der Waals surface area contributed by atoms with Crippen LogP contribution in [0.1, 0.15) is 39.0 Å². The van der Waals surface area contributed by atoms with Crippen LogP contribution < -0.4 is 16.6 Å². The van der Waals surface area contributed by atoms with Crippen LogP contribution in [0.15, 0.2) is 18.2 Å². The van der Waals surface area contributed by atoms with Gasteiger partial charge < -0.3 is 10.7 Å². The lowest BCUT2D eigenvalue weighted by atomic mass is 9.76. The Hall–Kier alpha value is -1.82. The van der Waals surface area contributed by atoms with E-state index in [1.807, 2.05) is 0 Å². The van der Waals surface area contributed by atoms with Gasteiger partial charge in [-0.2, -0.15) is 0 Å². The van der Waals surface area contributed by atoms with Crippen molar-refractivity contribution in [3.05, 3.63) is 28.3 Å². The lowest BCUT2D eigenvalue weighted by Gasteiger charge is -2.34. The maximum atomic E-state index is 10.9. The molecule has 2 rings (SSSR count). The molecule has 4 N–H and O–H groups in total. The van der Waals surface area contributed by atoms with Crippen LogP contribution in [-0.4, -0.2) is 11.5 Å². The summed E-state index contributed by atoms with van der Waals surface area (Å²) >= 11 is 0. The standard InChI is InChI=1S/C14H22N4O2/c1-14(5-3-2-4-6-14)10-16-11-7-12(17-15)9-13(8-11)18(19)20/h7-9,16-17H,2-6,10,15H2,1H3. The zero-order chi connectivity index (χ0) is 14.6. The third-order valence-electron chi connectivity index (χ3n) is 4.08. The van der Waals surface area contributed by atoms with Gasteiger partial charge in [-0.1, -0.05) is 26.2 Å². The van der Waals surface area contributed by atoms with Gasteiger partial charge in [-0.25, -0.2) is 0 Å². The van der Waals surface area contributed by atoms with Crippen molar-refractivity contribution >= 4 is 17.1 Å². The van der Waals surface area contributed by atoms with Gasteiger partial charge in [-0.05, 0) is 24.3 Å². The summed E-state index contributed by atoms with van der Waals surface area (Å²) in [5.41, 5.74) is 4.05. The van der Waals surface area contributed by atoms with Crippen LogP contribution in [0.5, 0.6) is 0 Å². The van der Waals surface area contributed by atoms with Gasteiger partial charge >= 0.3 is 0 Å². The fourth-order valence-corrected chi connectivity index (χ4v) is 2.80. The minimum Gasteiger partial charge on any atom is -0.384 e. The van der Waals surface area contributed by atoms with E-state index in [9.17, 15) is 10.1 Å². The molecule has 6 heteroatoms. The van der Waals surface area contributed by atoms with E-state index in [2.05, 4.69) is 17.7 Å². The Morgan fingerprint density at radius 3 is 2.50 bits per heavy atom. The number of nitrogens with two attached hydrogens (primary N) is 1. The SMILES string of the molecule is CC1(CNc2cc(NN)cc([N+](=O)[O-])c2)CCCCC1. The molecule has 1 fully saturated rings. The predicted octanol–water partition coefficient (Wildman–Crippen LogP) is 3.26. The van der Waals surface area contributed by atoms with Crippen LogP contribution in [0.25, 0.3) is 0 Å². The largest absolute Gasteiger partial charge is 0.384 e. The number of nitro benzene ring substituents is 1. The second-order valence-corrected chi connectivity index (χ2v) is 5.89. The third-order valence-corrected chi connectivity index (χ3v) is 4.08. The highest BCUT2D eigenvalue weighted by atomic mass is 16.6. The molecule has 0 amide bonds. The normalized spacial score (nSPS) is 17.5. The molecule has 1 aliphatic rings. The molecule has 1 aromatic carbocycles. The van der Waals surface area contributed by atoms with Crippen molar-refractivity contribution in [2.45, 2.75) is 39.0 Å². The Bertz CT molecular complexity index is 484. The van der Waals surface area contributed by atoms with Crippen molar-refractivity contribution in [3.63, 3.8) is 0 Å². The molecule has 1 saturated carbocycles. The number of hydrogen-bond acceptors (Lipinski definition) is 5. The Morgan fingerprint density at radius 2 is 1.90 bits per heavy atom. The lowest BCUT2D eigenvalue weighted by molar-refractivity contribution is -0.384. The summed E-state index contributed by atoms with van der Waals surface area (Å²) in [5, 5.41) is 14.2. The first-order valence-electron chi connectivity index (χ1n) is 7.02. The number of anilines is 2. The van der Waals surface area contributed by atoms with Crippen LogP contribution >= 0.6 is 0 Å². The monoisotopic (exact) mass is 278 g/mol. The van der Waals surface area contributed by atoms with E-state index < -0.39 is 4.92 Å². The number of nitro groups is 1. The Labute approximate surface area is 118 Å². The van der Waals surface area contributed by atoms with Crippen LogP contribution in [0, 0.1) is 15.5 Å². The third kappa shape index (κ3) is 3.60. The zero-order valence-corrected chi connectivity index (χ0v) is 11.8. The van der Waals surface area contributed by atoms with Crippen molar-refractivity contribution in [3.8, 4) is 0 Å². The predicted molar refractivity (Wildman–Crippen MR) is 80.6 cm³/mol. The van der Waals surface area contributed by atoms with Gasteiger partial charge in [0.15, 0.2) is 0 Å². The van der Waals surface area contributed by atoms with Gasteiger partial charge in [-0.15, -0.1) is 0 Å². The van der Waals surface area contributed by atoms with Crippen molar-refractivity contribution in [2.24, 2.45) is 11.3 Å². The van der Waals surface area contributed by atoms with Gasteiger partial charge in [-0.3, -0.25) is 16.0 Å². The summed E-state index contributed by atoms with van der Waals surface area (Å²) in [6.45, 7) is 3.11. The number of nitrogens with zero attached hydrogens (tertiary/aromatic N) is 1. The zero-order valence-electron chi connectivity index (χ0n) is 11.8.